The summed E-state index contributed by atoms with van der Waals surface area (Å²) < 4.78 is 0. The molecule has 1 atom stereocenters. The Kier molecular flexibility index (Phi) is 6.32. The number of rotatable bonds is 5. The number of nitrogens with one attached hydrogen (secondary N) is 3. The number of piperidine rings is 1. The lowest BCUT2D eigenvalue weighted by Gasteiger charge is -2.23. The van der Waals surface area contributed by atoms with Crippen LogP contribution >= 0.6 is 11.6 Å². The fourth-order valence-corrected chi connectivity index (χ4v) is 3.25. The van der Waals surface area contributed by atoms with Crippen LogP contribution < -0.4 is 16.0 Å². The maximum absolute atomic E-state index is 12.4. The molecule has 0 aromatic heterocycles. The third-order valence-electron chi connectivity index (χ3n) is 4.43. The van der Waals surface area contributed by atoms with E-state index in [1.807, 2.05) is 0 Å². The summed E-state index contributed by atoms with van der Waals surface area (Å²) in [7, 11) is 0. The van der Waals surface area contributed by atoms with E-state index in [1.165, 1.54) is 6.07 Å². The van der Waals surface area contributed by atoms with Gasteiger partial charge in [0.2, 0.25) is 5.91 Å². The molecule has 4 N–H and O–H groups in total. The molecule has 0 saturated carbocycles. The lowest BCUT2D eigenvalue weighted by Crippen LogP contribution is -2.45. The lowest BCUT2D eigenvalue weighted by molar-refractivity contribution is -0.115. The zero-order valence-corrected chi connectivity index (χ0v) is 15.6. The Labute approximate surface area is 162 Å². The fourth-order valence-electron chi connectivity index (χ4n) is 3.06. The maximum atomic E-state index is 12.4. The average molecular weight is 388 g/mol. The van der Waals surface area contributed by atoms with E-state index in [0.717, 1.165) is 25.9 Å². The van der Waals surface area contributed by atoms with Crippen molar-refractivity contribution in [3.8, 4) is 5.75 Å². The fraction of sp³-hybridized carbons (Fsp3) is 0.300. The summed E-state index contributed by atoms with van der Waals surface area (Å²) in [6.07, 6.45) is 1.98. The van der Waals surface area contributed by atoms with Gasteiger partial charge in [-0.3, -0.25) is 9.59 Å². The first kappa shape index (κ1) is 19.2. The van der Waals surface area contributed by atoms with E-state index in [1.54, 1.807) is 36.4 Å². The van der Waals surface area contributed by atoms with E-state index in [9.17, 15) is 14.7 Å². The smallest absolute Gasteiger partial charge is 0.251 e. The van der Waals surface area contributed by atoms with Crippen LogP contribution in [0.15, 0.2) is 42.5 Å². The van der Waals surface area contributed by atoms with Crippen molar-refractivity contribution in [3.05, 3.63) is 58.6 Å². The minimum Gasteiger partial charge on any atom is -0.508 e. The average Bonchev–Trinajstić information content (AvgIpc) is 2.65. The highest BCUT2D eigenvalue weighted by molar-refractivity contribution is 6.30. The number of phenols is 1. The number of benzene rings is 2. The number of hydrogen-bond donors (Lipinski definition) is 4. The van der Waals surface area contributed by atoms with E-state index in [4.69, 9.17) is 11.6 Å². The number of anilines is 1. The zero-order valence-electron chi connectivity index (χ0n) is 14.8. The molecule has 0 aliphatic carbocycles. The van der Waals surface area contributed by atoms with E-state index in [2.05, 4.69) is 16.0 Å². The molecular formula is C20H22ClN3O3. The molecule has 7 heteroatoms. The van der Waals surface area contributed by atoms with E-state index in [0.29, 0.717) is 21.8 Å². The second kappa shape index (κ2) is 8.88. The van der Waals surface area contributed by atoms with Crippen molar-refractivity contribution in [3.63, 3.8) is 0 Å². The first-order chi connectivity index (χ1) is 13.0. The number of amides is 2. The largest absolute Gasteiger partial charge is 0.508 e. The predicted molar refractivity (Wildman–Crippen MR) is 105 cm³/mol. The second-order valence-corrected chi connectivity index (χ2v) is 7.03. The van der Waals surface area contributed by atoms with Crippen LogP contribution in [-0.2, 0) is 11.2 Å². The Morgan fingerprint density at radius 1 is 1.22 bits per heavy atom. The van der Waals surface area contributed by atoms with Crippen LogP contribution in [0, 0.1) is 0 Å². The van der Waals surface area contributed by atoms with Crippen molar-refractivity contribution in [1.29, 1.82) is 0 Å². The molecule has 2 aromatic carbocycles. The third-order valence-corrected chi connectivity index (χ3v) is 4.67. The number of aromatic hydroxyl groups is 1. The van der Waals surface area contributed by atoms with Crippen LogP contribution in [0.2, 0.25) is 5.02 Å². The maximum Gasteiger partial charge on any atom is 0.251 e. The Bertz CT molecular complexity index is 835. The molecule has 6 nitrogen and oxygen atoms in total. The topological polar surface area (TPSA) is 90.5 Å². The summed E-state index contributed by atoms with van der Waals surface area (Å²) in [6.45, 7) is 1.75. The molecule has 0 spiro atoms. The predicted octanol–water partition coefficient (Wildman–Crippen LogP) is 2.71. The summed E-state index contributed by atoms with van der Waals surface area (Å²) in [5.41, 5.74) is 1.46. The highest BCUT2D eigenvalue weighted by Crippen LogP contribution is 2.22. The Morgan fingerprint density at radius 3 is 2.85 bits per heavy atom. The molecule has 0 bridgehead atoms. The Morgan fingerprint density at radius 2 is 2.07 bits per heavy atom. The van der Waals surface area contributed by atoms with Gasteiger partial charge in [0.05, 0.1) is 6.42 Å². The molecule has 142 valence electrons. The SMILES string of the molecule is O=C(Cc1cc(Cl)ccc1O)Nc1cccc(C(=O)NC2CCCNC2)c1. The normalized spacial score (nSPS) is 16.6. The number of carbonyl (C=O) groups is 2. The number of hydrogen-bond acceptors (Lipinski definition) is 4. The second-order valence-electron chi connectivity index (χ2n) is 6.60. The van der Waals surface area contributed by atoms with Gasteiger partial charge < -0.3 is 21.1 Å². The van der Waals surface area contributed by atoms with Gasteiger partial charge in [-0.05, 0) is 55.8 Å². The van der Waals surface area contributed by atoms with Crippen LogP contribution in [0.4, 0.5) is 5.69 Å². The molecular weight excluding hydrogens is 366 g/mol. The van der Waals surface area contributed by atoms with Crippen molar-refractivity contribution in [2.75, 3.05) is 18.4 Å². The molecule has 3 rings (SSSR count). The van der Waals surface area contributed by atoms with Gasteiger partial charge in [0.1, 0.15) is 5.75 Å². The van der Waals surface area contributed by atoms with Gasteiger partial charge in [-0.25, -0.2) is 0 Å². The van der Waals surface area contributed by atoms with Crippen molar-refractivity contribution in [2.24, 2.45) is 0 Å². The third kappa shape index (κ3) is 5.45. The molecule has 0 radical (unpaired) electrons. The quantitative estimate of drug-likeness (QED) is 0.635. The van der Waals surface area contributed by atoms with Gasteiger partial charge in [-0.1, -0.05) is 17.7 Å². The summed E-state index contributed by atoms with van der Waals surface area (Å²) in [6, 6.07) is 11.5. The summed E-state index contributed by atoms with van der Waals surface area (Å²) in [4.78, 5) is 24.7. The Balaban J connectivity index is 1.62. The van der Waals surface area contributed by atoms with Gasteiger partial charge in [0.15, 0.2) is 0 Å². The minimum atomic E-state index is -0.304. The first-order valence-electron chi connectivity index (χ1n) is 8.90. The van der Waals surface area contributed by atoms with Crippen LogP contribution in [0.1, 0.15) is 28.8 Å². The number of phenolic OH excluding ortho intramolecular Hbond substituents is 1. The molecule has 2 aromatic rings. The molecule has 1 heterocycles. The molecule has 2 amide bonds. The molecule has 1 aliphatic heterocycles. The van der Waals surface area contributed by atoms with Crippen molar-refractivity contribution < 1.29 is 14.7 Å². The standard InChI is InChI=1S/C20H22ClN3O3/c21-15-6-7-18(25)14(9-15)11-19(26)23-16-4-1-3-13(10-16)20(27)24-17-5-2-8-22-12-17/h1,3-4,6-7,9-10,17,22,25H,2,5,8,11-12H2,(H,23,26)(H,24,27). The lowest BCUT2D eigenvalue weighted by atomic mass is 10.1. The zero-order chi connectivity index (χ0) is 19.2. The van der Waals surface area contributed by atoms with Gasteiger partial charge in [-0.2, -0.15) is 0 Å². The van der Waals surface area contributed by atoms with Crippen LogP contribution in [-0.4, -0.2) is 36.1 Å². The summed E-state index contributed by atoms with van der Waals surface area (Å²) in [5.74, 6) is -0.447. The first-order valence-corrected chi connectivity index (χ1v) is 9.28. The number of carbonyl (C=O) groups excluding carboxylic acids is 2. The highest BCUT2D eigenvalue weighted by atomic mass is 35.5. The summed E-state index contributed by atoms with van der Waals surface area (Å²) in [5, 5.41) is 19.3. The van der Waals surface area contributed by atoms with Crippen LogP contribution in [0.5, 0.6) is 5.75 Å². The Hall–Kier alpha value is -2.57. The molecule has 1 fully saturated rings. The minimum absolute atomic E-state index is 0.0173. The van der Waals surface area contributed by atoms with E-state index in [-0.39, 0.29) is 30.0 Å². The van der Waals surface area contributed by atoms with E-state index < -0.39 is 0 Å². The highest BCUT2D eigenvalue weighted by Gasteiger charge is 2.17. The number of halogens is 1. The van der Waals surface area contributed by atoms with Gasteiger partial charge in [-0.15, -0.1) is 0 Å². The molecule has 1 aliphatic rings. The molecule has 1 unspecified atom stereocenters. The van der Waals surface area contributed by atoms with Gasteiger partial charge in [0.25, 0.3) is 5.91 Å². The molecule has 27 heavy (non-hydrogen) atoms. The van der Waals surface area contributed by atoms with Crippen molar-refractivity contribution in [1.82, 2.24) is 10.6 Å². The van der Waals surface area contributed by atoms with E-state index >= 15 is 0 Å². The monoisotopic (exact) mass is 387 g/mol. The van der Waals surface area contributed by atoms with Crippen molar-refractivity contribution >= 4 is 29.1 Å². The van der Waals surface area contributed by atoms with Gasteiger partial charge in [0, 0.05) is 34.4 Å². The summed E-state index contributed by atoms with van der Waals surface area (Å²) >= 11 is 5.90. The molecule has 1 saturated heterocycles. The van der Waals surface area contributed by atoms with Crippen LogP contribution in [0.3, 0.4) is 0 Å². The van der Waals surface area contributed by atoms with Gasteiger partial charge >= 0.3 is 0 Å². The van der Waals surface area contributed by atoms with Crippen molar-refractivity contribution in [2.45, 2.75) is 25.3 Å². The van der Waals surface area contributed by atoms with Crippen LogP contribution in [0.25, 0.3) is 0 Å².